The highest BCUT2D eigenvalue weighted by atomic mass is 19.1. The van der Waals surface area contributed by atoms with Crippen molar-refractivity contribution < 1.29 is 4.39 Å². The summed E-state index contributed by atoms with van der Waals surface area (Å²) in [5.74, 6) is 0.300. The van der Waals surface area contributed by atoms with Crippen molar-refractivity contribution in [2.24, 2.45) is 0 Å². The Balaban J connectivity index is 2.52. The molecular weight excluding hydrogens is 233 g/mol. The monoisotopic (exact) mass is 255 g/mol. The minimum atomic E-state index is -0.420. The van der Waals surface area contributed by atoms with Crippen LogP contribution in [0.2, 0.25) is 0 Å². The largest absolute Gasteiger partial charge is 0.366 e. The second kappa shape index (κ2) is 7.81. The quantitative estimate of drug-likeness (QED) is 0.742. The Morgan fingerprint density at radius 2 is 2.06 bits per heavy atom. The molecule has 0 aliphatic heterocycles. The van der Waals surface area contributed by atoms with E-state index in [1.165, 1.54) is 6.20 Å². The number of hydrogen-bond acceptors (Lipinski definition) is 5. The maximum Gasteiger partial charge on any atom is 0.224 e. The number of hydrogen-bond donors (Lipinski definition) is 2. The molecule has 102 valence electrons. The van der Waals surface area contributed by atoms with Gasteiger partial charge in [0, 0.05) is 19.6 Å². The summed E-state index contributed by atoms with van der Waals surface area (Å²) in [6.07, 6.45) is 2.17. The number of nitrogens with zero attached hydrogens (tertiary/aromatic N) is 3. The molecule has 0 aliphatic rings. The molecule has 1 aromatic rings. The van der Waals surface area contributed by atoms with Crippen LogP contribution in [0.4, 0.5) is 16.2 Å². The minimum absolute atomic E-state index is 0.258. The first-order valence-electron chi connectivity index (χ1n) is 6.36. The Hall–Kier alpha value is -1.43. The van der Waals surface area contributed by atoms with Gasteiger partial charge in [-0.1, -0.05) is 13.8 Å². The third kappa shape index (κ3) is 4.83. The summed E-state index contributed by atoms with van der Waals surface area (Å²) in [6.45, 7) is 7.39. The van der Waals surface area contributed by atoms with Gasteiger partial charge in [0.15, 0.2) is 11.6 Å². The lowest BCUT2D eigenvalue weighted by Gasteiger charge is -2.14. The molecule has 1 rings (SSSR count). The summed E-state index contributed by atoms with van der Waals surface area (Å²) in [5, 5.41) is 6.02. The molecule has 0 saturated carbocycles. The molecule has 6 heteroatoms. The summed E-state index contributed by atoms with van der Waals surface area (Å²) >= 11 is 0. The molecule has 0 aliphatic carbocycles. The van der Waals surface area contributed by atoms with E-state index in [9.17, 15) is 4.39 Å². The van der Waals surface area contributed by atoms with E-state index in [2.05, 4.69) is 39.3 Å². The van der Waals surface area contributed by atoms with Crippen molar-refractivity contribution in [2.75, 3.05) is 43.9 Å². The third-order valence-electron chi connectivity index (χ3n) is 2.60. The van der Waals surface area contributed by atoms with E-state index in [0.717, 1.165) is 26.1 Å². The Labute approximate surface area is 108 Å². The van der Waals surface area contributed by atoms with Crippen molar-refractivity contribution in [1.82, 2.24) is 14.9 Å². The van der Waals surface area contributed by atoms with Crippen LogP contribution in [0, 0.1) is 5.82 Å². The average Bonchev–Trinajstić information content (AvgIpc) is 2.39. The van der Waals surface area contributed by atoms with Crippen LogP contribution in [0.15, 0.2) is 6.20 Å². The molecule has 0 fully saturated rings. The zero-order valence-corrected chi connectivity index (χ0v) is 11.3. The molecule has 0 bridgehead atoms. The highest BCUT2D eigenvalue weighted by Gasteiger charge is 2.06. The van der Waals surface area contributed by atoms with Crippen molar-refractivity contribution in [3.63, 3.8) is 0 Å². The molecule has 0 saturated heterocycles. The molecule has 0 spiro atoms. The van der Waals surface area contributed by atoms with E-state index in [1.54, 1.807) is 0 Å². The molecule has 2 N–H and O–H groups in total. The van der Waals surface area contributed by atoms with Crippen LogP contribution in [-0.2, 0) is 0 Å². The van der Waals surface area contributed by atoms with E-state index in [4.69, 9.17) is 0 Å². The Morgan fingerprint density at radius 1 is 1.28 bits per heavy atom. The fraction of sp³-hybridized carbons (Fsp3) is 0.667. The van der Waals surface area contributed by atoms with E-state index in [-0.39, 0.29) is 5.82 Å². The van der Waals surface area contributed by atoms with E-state index >= 15 is 0 Å². The predicted molar refractivity (Wildman–Crippen MR) is 72.4 cm³/mol. The second-order valence-electron chi connectivity index (χ2n) is 4.14. The standard InChI is InChI=1S/C12H22FN5/c1-4-6-15-12-16-9-10(13)11(17-12)14-7-8-18(3)5-2/h9H,4-8H2,1-3H3,(H2,14,15,16,17). The molecule has 0 aromatic carbocycles. The maximum atomic E-state index is 13.5. The van der Waals surface area contributed by atoms with E-state index < -0.39 is 5.82 Å². The van der Waals surface area contributed by atoms with Crippen molar-refractivity contribution >= 4 is 11.8 Å². The third-order valence-corrected chi connectivity index (χ3v) is 2.60. The first-order chi connectivity index (χ1) is 8.67. The fourth-order valence-corrected chi connectivity index (χ4v) is 1.34. The minimum Gasteiger partial charge on any atom is -0.366 e. The highest BCUT2D eigenvalue weighted by Crippen LogP contribution is 2.11. The lowest BCUT2D eigenvalue weighted by molar-refractivity contribution is 0.366. The van der Waals surface area contributed by atoms with Crippen LogP contribution in [0.25, 0.3) is 0 Å². The predicted octanol–water partition coefficient (Wildman–Crippen LogP) is 1.80. The number of rotatable bonds is 8. The Morgan fingerprint density at radius 3 is 2.72 bits per heavy atom. The van der Waals surface area contributed by atoms with Crippen LogP contribution in [0.3, 0.4) is 0 Å². The van der Waals surface area contributed by atoms with Crippen molar-refractivity contribution in [3.8, 4) is 0 Å². The number of anilines is 2. The van der Waals surface area contributed by atoms with Gasteiger partial charge >= 0.3 is 0 Å². The van der Waals surface area contributed by atoms with Gasteiger partial charge < -0.3 is 15.5 Å². The van der Waals surface area contributed by atoms with Crippen LogP contribution in [0.1, 0.15) is 20.3 Å². The lowest BCUT2D eigenvalue weighted by atomic mass is 10.4. The summed E-state index contributed by atoms with van der Waals surface area (Å²) in [6, 6.07) is 0. The van der Waals surface area contributed by atoms with Crippen molar-refractivity contribution in [2.45, 2.75) is 20.3 Å². The Kier molecular flexibility index (Phi) is 6.35. The van der Waals surface area contributed by atoms with E-state index in [0.29, 0.717) is 12.5 Å². The molecule has 1 heterocycles. The normalized spacial score (nSPS) is 10.7. The van der Waals surface area contributed by atoms with Crippen molar-refractivity contribution in [1.29, 1.82) is 0 Å². The van der Waals surface area contributed by atoms with Gasteiger partial charge in [0.2, 0.25) is 5.95 Å². The van der Waals surface area contributed by atoms with Gasteiger partial charge in [-0.3, -0.25) is 0 Å². The summed E-state index contributed by atoms with van der Waals surface area (Å²) in [5.41, 5.74) is 0. The second-order valence-corrected chi connectivity index (χ2v) is 4.14. The number of halogens is 1. The zero-order chi connectivity index (χ0) is 13.4. The summed E-state index contributed by atoms with van der Waals surface area (Å²) in [4.78, 5) is 10.1. The van der Waals surface area contributed by atoms with Gasteiger partial charge in [-0.15, -0.1) is 0 Å². The van der Waals surface area contributed by atoms with Crippen LogP contribution in [-0.4, -0.2) is 48.1 Å². The van der Waals surface area contributed by atoms with Gasteiger partial charge in [0.1, 0.15) is 0 Å². The first-order valence-corrected chi connectivity index (χ1v) is 6.36. The molecule has 0 atom stereocenters. The Bertz CT molecular complexity index is 358. The highest BCUT2D eigenvalue weighted by molar-refractivity contribution is 5.40. The van der Waals surface area contributed by atoms with Crippen LogP contribution >= 0.6 is 0 Å². The molecule has 5 nitrogen and oxygen atoms in total. The number of nitrogens with one attached hydrogen (secondary N) is 2. The maximum absolute atomic E-state index is 13.5. The molecular formula is C12H22FN5. The topological polar surface area (TPSA) is 53.1 Å². The van der Waals surface area contributed by atoms with Gasteiger partial charge in [-0.05, 0) is 20.0 Å². The molecule has 0 radical (unpaired) electrons. The lowest BCUT2D eigenvalue weighted by Crippen LogP contribution is -2.25. The van der Waals surface area contributed by atoms with Crippen LogP contribution < -0.4 is 10.6 Å². The smallest absolute Gasteiger partial charge is 0.224 e. The zero-order valence-electron chi connectivity index (χ0n) is 11.3. The summed E-state index contributed by atoms with van der Waals surface area (Å²) < 4.78 is 13.5. The number of aromatic nitrogens is 2. The molecule has 0 amide bonds. The summed E-state index contributed by atoms with van der Waals surface area (Å²) in [7, 11) is 2.02. The van der Waals surface area contributed by atoms with Gasteiger partial charge in [-0.2, -0.15) is 4.98 Å². The number of likely N-dealkylation sites (N-methyl/N-ethyl adjacent to an activating group) is 1. The molecule has 18 heavy (non-hydrogen) atoms. The first kappa shape index (κ1) is 14.6. The van der Waals surface area contributed by atoms with Crippen molar-refractivity contribution in [3.05, 3.63) is 12.0 Å². The van der Waals surface area contributed by atoms with Crippen LogP contribution in [0.5, 0.6) is 0 Å². The van der Waals surface area contributed by atoms with Gasteiger partial charge in [0.05, 0.1) is 6.20 Å². The van der Waals surface area contributed by atoms with E-state index in [1.807, 2.05) is 7.05 Å². The SMILES string of the molecule is CCCNc1ncc(F)c(NCCN(C)CC)n1. The molecule has 0 unspecified atom stereocenters. The fourth-order valence-electron chi connectivity index (χ4n) is 1.34. The average molecular weight is 255 g/mol. The molecule has 1 aromatic heterocycles. The van der Waals surface area contributed by atoms with Gasteiger partial charge in [0.25, 0.3) is 0 Å². The van der Waals surface area contributed by atoms with Gasteiger partial charge in [-0.25, -0.2) is 9.37 Å².